The fourth-order valence-electron chi connectivity index (χ4n) is 3.54. The first-order chi connectivity index (χ1) is 14.8. The lowest BCUT2D eigenvalue weighted by Gasteiger charge is -2.29. The van der Waals surface area contributed by atoms with Crippen LogP contribution in [-0.2, 0) is 11.2 Å². The van der Waals surface area contributed by atoms with Gasteiger partial charge in [-0.1, -0.05) is 18.2 Å². The van der Waals surface area contributed by atoms with E-state index in [-0.39, 0.29) is 28.2 Å². The number of aryl methyl sites for hydroxylation is 1. The molecule has 1 aromatic carbocycles. The van der Waals surface area contributed by atoms with E-state index >= 15 is 0 Å². The third-order valence-corrected chi connectivity index (χ3v) is 6.43. The molecule has 12 heteroatoms. The van der Waals surface area contributed by atoms with Gasteiger partial charge in [0.05, 0.1) is 5.69 Å². The molecule has 1 aliphatic heterocycles. The van der Waals surface area contributed by atoms with Gasteiger partial charge in [0.2, 0.25) is 0 Å². The molecule has 0 fully saturated rings. The van der Waals surface area contributed by atoms with Crippen LogP contribution in [0.2, 0.25) is 5.82 Å². The van der Waals surface area contributed by atoms with Crippen LogP contribution < -0.4 is 21.4 Å². The predicted octanol–water partition coefficient (Wildman–Crippen LogP) is 1.99. The Morgan fingerprint density at radius 3 is 2.71 bits per heavy atom. The van der Waals surface area contributed by atoms with Crippen LogP contribution >= 0.6 is 22.7 Å². The summed E-state index contributed by atoms with van der Waals surface area (Å²) in [6, 6.07) is 4.70. The summed E-state index contributed by atoms with van der Waals surface area (Å²) in [6.07, 6.45) is 0.461. The van der Waals surface area contributed by atoms with Gasteiger partial charge < -0.3 is 26.5 Å². The fraction of sp³-hybridized carbons (Fsp3) is 0.263. The molecule has 1 unspecified atom stereocenters. The van der Waals surface area contributed by atoms with Crippen LogP contribution in [0.5, 0.6) is 5.75 Å². The summed E-state index contributed by atoms with van der Waals surface area (Å²) in [5.74, 6) is -0.672. The van der Waals surface area contributed by atoms with E-state index in [1.54, 1.807) is 5.38 Å². The van der Waals surface area contributed by atoms with E-state index in [1.807, 2.05) is 25.1 Å². The molecule has 9 nitrogen and oxygen atoms in total. The minimum Gasteiger partial charge on any atom is -0.536 e. The first kappa shape index (κ1) is 21.3. The number of aromatic nitrogens is 2. The van der Waals surface area contributed by atoms with Crippen LogP contribution in [0.25, 0.3) is 0 Å². The normalized spacial score (nSPS) is 16.3. The van der Waals surface area contributed by atoms with Gasteiger partial charge in [-0.15, -0.1) is 22.7 Å². The quantitative estimate of drug-likeness (QED) is 0.410. The van der Waals surface area contributed by atoms with Crippen LogP contribution in [0.4, 0.5) is 10.3 Å². The zero-order valence-corrected chi connectivity index (χ0v) is 18.2. The van der Waals surface area contributed by atoms with Crippen molar-refractivity contribution in [1.29, 1.82) is 0 Å². The van der Waals surface area contributed by atoms with Crippen molar-refractivity contribution < 1.29 is 19.3 Å². The van der Waals surface area contributed by atoms with Gasteiger partial charge in [0.15, 0.2) is 16.0 Å². The van der Waals surface area contributed by atoms with Crippen molar-refractivity contribution in [3.05, 3.63) is 51.5 Å². The molecule has 2 aromatic heterocycles. The van der Waals surface area contributed by atoms with Crippen molar-refractivity contribution >= 4 is 51.7 Å². The number of amides is 1. The van der Waals surface area contributed by atoms with Crippen LogP contribution in [0.3, 0.4) is 0 Å². The Kier molecular flexibility index (Phi) is 5.94. The minimum atomic E-state index is -1.13. The van der Waals surface area contributed by atoms with E-state index in [4.69, 9.17) is 16.1 Å². The second-order valence-corrected chi connectivity index (χ2v) is 9.07. The number of para-hydroxylation sites is 1. The van der Waals surface area contributed by atoms with E-state index in [1.165, 1.54) is 16.7 Å². The predicted molar refractivity (Wildman–Crippen MR) is 120 cm³/mol. The number of rotatable bonds is 6. The maximum Gasteiger partial charge on any atom is 0.526 e. The first-order valence-corrected chi connectivity index (χ1v) is 11.3. The van der Waals surface area contributed by atoms with Gasteiger partial charge in [-0.05, 0) is 24.5 Å². The van der Waals surface area contributed by atoms with Gasteiger partial charge in [-0.3, -0.25) is 9.59 Å². The number of carbonyl (C=O) groups is 2. The number of nitrogens with one attached hydrogen (secondary N) is 1. The van der Waals surface area contributed by atoms with E-state index < -0.39 is 24.9 Å². The molecule has 6 N–H and O–H groups in total. The summed E-state index contributed by atoms with van der Waals surface area (Å²) >= 11 is 2.30. The zero-order valence-electron chi connectivity index (χ0n) is 16.6. The number of nitrogens with two attached hydrogens (primary N) is 2. The maximum absolute atomic E-state index is 13.2. The van der Waals surface area contributed by atoms with Crippen molar-refractivity contribution in [3.63, 3.8) is 0 Å². The molecule has 3 heterocycles. The zero-order chi connectivity index (χ0) is 22.1. The lowest BCUT2D eigenvalue weighted by atomic mass is 9.64. The number of hydrogen-bond donors (Lipinski definition) is 4. The molecule has 2 atom stereocenters. The standard InChI is InChI=1S/C19H20BN5O4S2/c1-9-3-2-4-10-5-11(20(28)29-16(9)10)6-14(26)15(12-7-30-18(21)23-12)25-17(27)13-8-31-19(22)24-13/h2-4,7-8,11,15,28H,5-6H2,1H3,(H2,21,23)(H2,22,24)(H,25,27)/t11-,15?/m1/s1. The van der Waals surface area contributed by atoms with E-state index in [0.717, 1.165) is 22.5 Å². The Bertz CT molecular complexity index is 1130. The van der Waals surface area contributed by atoms with E-state index in [2.05, 4.69) is 15.3 Å². The Morgan fingerprint density at radius 1 is 1.29 bits per heavy atom. The molecule has 4 rings (SSSR count). The average Bonchev–Trinajstić information content (AvgIpc) is 3.35. The number of benzene rings is 1. The third kappa shape index (κ3) is 4.55. The second-order valence-electron chi connectivity index (χ2n) is 7.29. The molecular weight excluding hydrogens is 437 g/mol. The summed E-state index contributed by atoms with van der Waals surface area (Å²) in [5.41, 5.74) is 13.6. The van der Waals surface area contributed by atoms with Gasteiger partial charge in [-0.2, -0.15) is 0 Å². The Labute approximate surface area is 186 Å². The second kappa shape index (κ2) is 8.65. The average molecular weight is 457 g/mol. The number of hydrogen-bond acceptors (Lipinski definition) is 10. The molecular formula is C19H20BN5O4S2. The fourth-order valence-corrected chi connectivity index (χ4v) is 4.67. The Hall–Kier alpha value is -2.96. The van der Waals surface area contributed by atoms with Crippen LogP contribution in [0.1, 0.15) is 39.8 Å². The first-order valence-electron chi connectivity index (χ1n) is 9.50. The highest BCUT2D eigenvalue weighted by Crippen LogP contribution is 2.36. The molecule has 1 aliphatic rings. The number of anilines is 2. The molecule has 0 aliphatic carbocycles. The number of fused-ring (bicyclic) bond motifs is 1. The van der Waals surface area contributed by atoms with Gasteiger partial charge in [-0.25, -0.2) is 9.97 Å². The summed E-state index contributed by atoms with van der Waals surface area (Å²) in [4.78, 5) is 33.9. The van der Waals surface area contributed by atoms with E-state index in [0.29, 0.717) is 17.9 Å². The molecule has 1 amide bonds. The van der Waals surface area contributed by atoms with Gasteiger partial charge in [0, 0.05) is 23.0 Å². The van der Waals surface area contributed by atoms with Crippen LogP contribution in [-0.4, -0.2) is 33.8 Å². The van der Waals surface area contributed by atoms with Gasteiger partial charge in [0.1, 0.15) is 17.5 Å². The SMILES string of the molecule is Cc1cccc2c1OB(O)[C@@H](CC(=O)C(NC(=O)c1csc(N)n1)c1csc(N)n1)C2. The topological polar surface area (TPSA) is 153 Å². The minimum absolute atomic E-state index is 0.0177. The lowest BCUT2D eigenvalue weighted by molar-refractivity contribution is -0.121. The molecule has 0 saturated carbocycles. The van der Waals surface area contributed by atoms with Crippen molar-refractivity contribution in [2.24, 2.45) is 0 Å². The van der Waals surface area contributed by atoms with Crippen molar-refractivity contribution in [1.82, 2.24) is 15.3 Å². The summed E-state index contributed by atoms with van der Waals surface area (Å²) in [7, 11) is -1.13. The third-order valence-electron chi connectivity index (χ3n) is 5.07. The smallest absolute Gasteiger partial charge is 0.526 e. The molecule has 0 spiro atoms. The summed E-state index contributed by atoms with van der Waals surface area (Å²) < 4.78 is 5.68. The van der Waals surface area contributed by atoms with Crippen LogP contribution in [0.15, 0.2) is 29.0 Å². The number of Topliss-reactive ketones (excluding diaryl/α,β-unsaturated/α-hetero) is 1. The highest BCUT2D eigenvalue weighted by molar-refractivity contribution is 7.13. The molecule has 0 bridgehead atoms. The summed E-state index contributed by atoms with van der Waals surface area (Å²) in [5, 5.41) is 16.8. The number of nitrogen functional groups attached to an aromatic ring is 2. The molecule has 0 saturated heterocycles. The number of thiazole rings is 2. The molecule has 0 radical (unpaired) electrons. The summed E-state index contributed by atoms with van der Waals surface area (Å²) in [6.45, 7) is 1.90. The van der Waals surface area contributed by atoms with Crippen molar-refractivity contribution in [2.45, 2.75) is 31.6 Å². The van der Waals surface area contributed by atoms with Gasteiger partial charge >= 0.3 is 7.12 Å². The molecule has 31 heavy (non-hydrogen) atoms. The molecule has 160 valence electrons. The number of nitrogens with zero attached hydrogens (tertiary/aromatic N) is 2. The monoisotopic (exact) mass is 457 g/mol. The lowest BCUT2D eigenvalue weighted by Crippen LogP contribution is -2.39. The van der Waals surface area contributed by atoms with Gasteiger partial charge in [0.25, 0.3) is 5.91 Å². The van der Waals surface area contributed by atoms with Crippen molar-refractivity contribution in [2.75, 3.05) is 11.5 Å². The Balaban J connectivity index is 1.54. The largest absolute Gasteiger partial charge is 0.536 e. The highest BCUT2D eigenvalue weighted by Gasteiger charge is 2.39. The highest BCUT2D eigenvalue weighted by atomic mass is 32.1. The van der Waals surface area contributed by atoms with E-state index in [9.17, 15) is 14.6 Å². The van der Waals surface area contributed by atoms with Crippen molar-refractivity contribution in [3.8, 4) is 5.75 Å². The maximum atomic E-state index is 13.2. The number of carbonyl (C=O) groups excluding carboxylic acids is 2. The number of ketones is 1. The van der Waals surface area contributed by atoms with Crippen LogP contribution in [0, 0.1) is 6.92 Å². The Morgan fingerprint density at radius 2 is 2.03 bits per heavy atom. The molecule has 3 aromatic rings.